The van der Waals surface area contributed by atoms with Crippen molar-refractivity contribution in [2.75, 3.05) is 20.3 Å². The first-order chi connectivity index (χ1) is 8.49. The lowest BCUT2D eigenvalue weighted by Crippen LogP contribution is -2.49. The molecular formula is C14H22O4. The van der Waals surface area contributed by atoms with Gasteiger partial charge in [0.05, 0.1) is 26.7 Å². The Kier molecular flexibility index (Phi) is 2.72. The van der Waals surface area contributed by atoms with Gasteiger partial charge in [-0.2, -0.15) is 0 Å². The lowest BCUT2D eigenvalue weighted by atomic mass is 9.67. The van der Waals surface area contributed by atoms with Crippen molar-refractivity contribution in [2.45, 2.75) is 38.9 Å². The van der Waals surface area contributed by atoms with Gasteiger partial charge in [-0.25, -0.2) is 0 Å². The van der Waals surface area contributed by atoms with Crippen LogP contribution in [-0.4, -0.2) is 32.1 Å². The first-order valence-corrected chi connectivity index (χ1v) is 6.84. The standard InChI is InChI=1S/C14H22O4/c1-13(2)8-9-6-10(13)11(7-12(15)16-3)14(9)17-4-5-18-14/h9-11H,4-8H2,1-3H3/t9-,10+,11+/m0/s1. The summed E-state index contributed by atoms with van der Waals surface area (Å²) in [7, 11) is 1.45. The van der Waals surface area contributed by atoms with Gasteiger partial charge in [0, 0.05) is 11.8 Å². The van der Waals surface area contributed by atoms with E-state index in [1.54, 1.807) is 0 Å². The minimum atomic E-state index is -0.492. The molecule has 2 bridgehead atoms. The van der Waals surface area contributed by atoms with Crippen LogP contribution in [0, 0.1) is 23.2 Å². The van der Waals surface area contributed by atoms with Gasteiger partial charge in [-0.1, -0.05) is 13.8 Å². The number of esters is 1. The Morgan fingerprint density at radius 1 is 1.33 bits per heavy atom. The maximum atomic E-state index is 11.7. The van der Waals surface area contributed by atoms with Crippen molar-refractivity contribution in [1.82, 2.24) is 0 Å². The molecular weight excluding hydrogens is 232 g/mol. The fourth-order valence-corrected chi connectivity index (χ4v) is 4.54. The maximum Gasteiger partial charge on any atom is 0.306 e. The molecule has 1 heterocycles. The molecule has 3 atom stereocenters. The molecule has 2 aliphatic carbocycles. The van der Waals surface area contributed by atoms with Gasteiger partial charge >= 0.3 is 5.97 Å². The molecule has 0 aromatic carbocycles. The molecule has 1 spiro atoms. The molecule has 0 radical (unpaired) electrons. The fourth-order valence-electron chi connectivity index (χ4n) is 4.54. The van der Waals surface area contributed by atoms with E-state index in [1.165, 1.54) is 7.11 Å². The maximum absolute atomic E-state index is 11.7. The van der Waals surface area contributed by atoms with Crippen LogP contribution in [0.4, 0.5) is 0 Å². The number of rotatable bonds is 2. The van der Waals surface area contributed by atoms with Gasteiger partial charge in [-0.05, 0) is 24.2 Å². The predicted octanol–water partition coefficient (Wildman–Crippen LogP) is 1.97. The van der Waals surface area contributed by atoms with Crippen molar-refractivity contribution in [3.8, 4) is 0 Å². The molecule has 4 heteroatoms. The highest BCUT2D eigenvalue weighted by atomic mass is 16.7. The summed E-state index contributed by atoms with van der Waals surface area (Å²) in [6, 6.07) is 0. The summed E-state index contributed by atoms with van der Waals surface area (Å²) in [4.78, 5) is 11.7. The van der Waals surface area contributed by atoms with Crippen LogP contribution < -0.4 is 0 Å². The normalized spacial score (nSPS) is 39.4. The van der Waals surface area contributed by atoms with E-state index in [9.17, 15) is 4.79 Å². The van der Waals surface area contributed by atoms with Gasteiger partial charge in [0.1, 0.15) is 0 Å². The van der Waals surface area contributed by atoms with Crippen LogP contribution >= 0.6 is 0 Å². The van der Waals surface area contributed by atoms with Crippen LogP contribution in [0.15, 0.2) is 0 Å². The summed E-state index contributed by atoms with van der Waals surface area (Å²) in [6.45, 7) is 5.90. The molecule has 0 amide bonds. The van der Waals surface area contributed by atoms with Crippen LogP contribution in [0.5, 0.6) is 0 Å². The second kappa shape index (κ2) is 3.94. The summed E-state index contributed by atoms with van der Waals surface area (Å²) in [6.07, 6.45) is 2.67. The van der Waals surface area contributed by atoms with E-state index < -0.39 is 5.79 Å². The third-order valence-corrected chi connectivity index (χ3v) is 5.24. The van der Waals surface area contributed by atoms with Gasteiger partial charge in [-0.3, -0.25) is 4.79 Å². The monoisotopic (exact) mass is 254 g/mol. The SMILES string of the molecule is COC(=O)C[C@@H]1[C@H]2C[C@@H](CC2(C)C)C12OCCO2. The van der Waals surface area contributed by atoms with Crippen LogP contribution in [0.3, 0.4) is 0 Å². The molecule has 3 aliphatic rings. The summed E-state index contributed by atoms with van der Waals surface area (Å²) in [5, 5.41) is 0. The molecule has 4 nitrogen and oxygen atoms in total. The van der Waals surface area contributed by atoms with Gasteiger partial charge in [0.2, 0.25) is 0 Å². The second-order valence-corrected chi connectivity index (χ2v) is 6.54. The highest BCUT2D eigenvalue weighted by Crippen LogP contribution is 2.65. The van der Waals surface area contributed by atoms with Crippen molar-refractivity contribution in [2.24, 2.45) is 23.2 Å². The Hall–Kier alpha value is -0.610. The summed E-state index contributed by atoms with van der Waals surface area (Å²) < 4.78 is 16.8. The highest BCUT2D eigenvalue weighted by molar-refractivity contribution is 5.69. The lowest BCUT2D eigenvalue weighted by molar-refractivity contribution is -0.237. The Balaban J connectivity index is 1.88. The Bertz CT molecular complexity index is 357. The molecule has 3 rings (SSSR count). The van der Waals surface area contributed by atoms with Crippen LogP contribution in [0.2, 0.25) is 0 Å². The minimum absolute atomic E-state index is 0.151. The zero-order chi connectivity index (χ0) is 13.0. The van der Waals surface area contributed by atoms with E-state index in [-0.39, 0.29) is 17.3 Å². The first kappa shape index (κ1) is 12.4. The average Bonchev–Trinajstić information content (AvgIpc) is 2.97. The molecule has 18 heavy (non-hydrogen) atoms. The third kappa shape index (κ3) is 1.55. The number of carbonyl (C=O) groups is 1. The lowest BCUT2D eigenvalue weighted by Gasteiger charge is -2.45. The van der Waals surface area contributed by atoms with Gasteiger partial charge < -0.3 is 14.2 Å². The number of hydrogen-bond donors (Lipinski definition) is 0. The Labute approximate surface area is 108 Å². The molecule has 0 aromatic rings. The van der Waals surface area contributed by atoms with E-state index in [1.807, 2.05) is 0 Å². The number of hydrogen-bond acceptors (Lipinski definition) is 4. The zero-order valence-electron chi connectivity index (χ0n) is 11.4. The summed E-state index contributed by atoms with van der Waals surface area (Å²) >= 11 is 0. The number of methoxy groups -OCH3 is 1. The molecule has 102 valence electrons. The van der Waals surface area contributed by atoms with E-state index in [4.69, 9.17) is 14.2 Å². The van der Waals surface area contributed by atoms with Crippen LogP contribution in [0.25, 0.3) is 0 Å². The van der Waals surface area contributed by atoms with Crippen molar-refractivity contribution >= 4 is 5.97 Å². The minimum Gasteiger partial charge on any atom is -0.469 e. The largest absolute Gasteiger partial charge is 0.469 e. The van der Waals surface area contributed by atoms with E-state index in [2.05, 4.69) is 13.8 Å². The van der Waals surface area contributed by atoms with Crippen LogP contribution in [-0.2, 0) is 19.0 Å². The quantitative estimate of drug-likeness (QED) is 0.707. The Morgan fingerprint density at radius 3 is 2.61 bits per heavy atom. The number of fused-ring (bicyclic) bond motifs is 3. The van der Waals surface area contributed by atoms with Crippen molar-refractivity contribution < 1.29 is 19.0 Å². The van der Waals surface area contributed by atoms with Crippen molar-refractivity contribution in [3.63, 3.8) is 0 Å². The van der Waals surface area contributed by atoms with E-state index in [0.717, 1.165) is 12.8 Å². The molecule has 2 saturated carbocycles. The third-order valence-electron chi connectivity index (χ3n) is 5.24. The second-order valence-electron chi connectivity index (χ2n) is 6.54. The van der Waals surface area contributed by atoms with Gasteiger partial charge in [0.25, 0.3) is 0 Å². The number of ether oxygens (including phenoxy) is 3. The molecule has 0 N–H and O–H groups in total. The van der Waals surface area contributed by atoms with E-state index in [0.29, 0.717) is 31.5 Å². The molecule has 0 aromatic heterocycles. The van der Waals surface area contributed by atoms with Gasteiger partial charge in [-0.15, -0.1) is 0 Å². The fraction of sp³-hybridized carbons (Fsp3) is 0.929. The average molecular weight is 254 g/mol. The van der Waals surface area contributed by atoms with E-state index >= 15 is 0 Å². The van der Waals surface area contributed by atoms with Crippen LogP contribution in [0.1, 0.15) is 33.1 Å². The topological polar surface area (TPSA) is 44.8 Å². The summed E-state index contributed by atoms with van der Waals surface area (Å²) in [5.74, 6) is 0.450. The highest BCUT2D eigenvalue weighted by Gasteiger charge is 2.67. The van der Waals surface area contributed by atoms with Crippen molar-refractivity contribution in [3.05, 3.63) is 0 Å². The molecule has 0 unspecified atom stereocenters. The first-order valence-electron chi connectivity index (χ1n) is 6.84. The molecule has 1 saturated heterocycles. The van der Waals surface area contributed by atoms with Crippen molar-refractivity contribution in [1.29, 1.82) is 0 Å². The predicted molar refractivity (Wildman–Crippen MR) is 64.8 cm³/mol. The smallest absolute Gasteiger partial charge is 0.306 e. The summed E-state index contributed by atoms with van der Waals surface area (Å²) in [5.41, 5.74) is 0.282. The zero-order valence-corrected chi connectivity index (χ0v) is 11.4. The molecule has 3 fully saturated rings. The van der Waals surface area contributed by atoms with Gasteiger partial charge in [0.15, 0.2) is 5.79 Å². The molecule has 1 aliphatic heterocycles. The Morgan fingerprint density at radius 2 is 2.00 bits per heavy atom. The number of carbonyl (C=O) groups excluding carboxylic acids is 1.